The van der Waals surface area contributed by atoms with E-state index in [1.165, 1.54) is 62.3 Å². The SMILES string of the molecule is CC1=CC(=NN=c2cc(C)ccn2O)C(N)=CC1=N.CC1=CC(=NN=c2ccccn2O)C(N)=CC1=N.CN1C(=O)NC(=O)C(N=Nc2cccc[n+]2[O-])C1=O.COc1cc(N=Nc2ccc[n+](C)c2)c(N)cc1N.CS(=O)(=O)O[O-].CS(=O)(=O)O[O-].CS(=O)(=O)O[O-].C[n+]1cccc(N=Nc2ccc(N(CCO)CCO)cc2)c1.Cc1cc(N=Nc2ccc[n+](C)c2)c(N)cc1N.Nc1ccc(N=Nc2ccc[n+]([O-])c2)cc1. The number of carbonyl (C=O) groups excluding carboxylic acids is 3. The Hall–Kier alpha value is -18.3. The van der Waals surface area contributed by atoms with Gasteiger partial charge in [0.15, 0.2) is 60.0 Å². The Labute approximate surface area is 853 Å². The van der Waals surface area contributed by atoms with Crippen molar-refractivity contribution in [3.8, 4) is 5.75 Å². The number of amides is 4. The van der Waals surface area contributed by atoms with Gasteiger partial charge in [0, 0.05) is 86.0 Å². The minimum Gasteiger partial charge on any atom is -0.710 e. The van der Waals surface area contributed by atoms with Gasteiger partial charge in [-0.05, 0) is 196 Å². The summed E-state index contributed by atoms with van der Waals surface area (Å²) >= 11 is 0. The van der Waals surface area contributed by atoms with Crippen molar-refractivity contribution in [1.29, 1.82) is 10.8 Å². The number of aryl methyl sites for hydroxylation is 5. The van der Waals surface area contributed by atoms with Gasteiger partial charge in [0.05, 0.1) is 102 Å². The van der Waals surface area contributed by atoms with Crippen molar-refractivity contribution in [3.63, 3.8) is 0 Å². The van der Waals surface area contributed by atoms with Crippen molar-refractivity contribution in [2.24, 2.45) is 104 Å². The number of hydrogen-bond acceptors (Lipinski definition) is 46. The number of barbiturate groups is 1. The lowest BCUT2D eigenvalue weighted by Crippen LogP contribution is -2.58. The van der Waals surface area contributed by atoms with E-state index in [4.69, 9.17) is 81.7 Å². The van der Waals surface area contributed by atoms with Gasteiger partial charge in [0.1, 0.15) is 66.8 Å². The Morgan fingerprint density at radius 2 is 0.893 bits per heavy atom. The Kier molecular flexibility index (Phi) is 49.1. The molecule has 3 aliphatic rings. The number of nitrogens with zero attached hydrogens (tertiary/aromatic N) is 23. The first-order valence-electron chi connectivity index (χ1n) is 42.6. The fourth-order valence-corrected chi connectivity index (χ4v) is 10.7. The summed E-state index contributed by atoms with van der Waals surface area (Å²) in [6, 6.07) is 46.6. The molecule has 788 valence electrons. The van der Waals surface area contributed by atoms with E-state index in [2.05, 4.69) is 84.5 Å². The zero-order valence-corrected chi connectivity index (χ0v) is 84.4. The van der Waals surface area contributed by atoms with Crippen molar-refractivity contribution in [2.75, 3.05) is 92.8 Å². The zero-order chi connectivity index (χ0) is 111. The number of nitrogens with one attached hydrogen (secondary N) is 3. The molecule has 55 nitrogen and oxygen atoms in total. The molecule has 8 heterocycles. The number of nitrogens with two attached hydrogens (primary N) is 7. The van der Waals surface area contributed by atoms with Gasteiger partial charge >= 0.3 is 11.8 Å². The Balaban J connectivity index is 0.000000297. The summed E-state index contributed by atoms with van der Waals surface area (Å²) < 4.78 is 78.5. The van der Waals surface area contributed by atoms with Crippen LogP contribution in [0.4, 0.5) is 90.2 Å². The second kappa shape index (κ2) is 60.3. The summed E-state index contributed by atoms with van der Waals surface area (Å²) in [6.45, 7) is 8.49. The van der Waals surface area contributed by atoms with Gasteiger partial charge in [0.2, 0.25) is 6.20 Å². The predicted molar refractivity (Wildman–Crippen MR) is 540 cm³/mol. The standard InChI is InChI=1S/C16H21N4O2.C13H15N5O.C13H16N5O.C13H16N5.C12H13N5O.C11H10N4O.C10H9N5O4.3CH4O4S/c1-19-8-2-3-15(13-19)18-17-14-4-6-16(7-5-14)20(9-11-21)10-12-22;1-8-3-4-18(19)13(5-8)17-16-12-6-9(2)10(14)7-11(12)15;1-18-5-3-4-9(8-18)16-17-12-7-13(19-2)11(15)6-10(12)14;1-9-6-13(12(15)7-11(9)14)17-16-10-4-3-5-18(2)8-10;1-8-6-11(10(14)7-9(8)13)15-16-12-4-2-3-5-17(12)18;12-9-3-5-10(6-4-9)13-14-11-2-1-7-15(16)8-11;1-14-9(17)7(8(16)11-10(14)18)13-12-6-4-2-3-5-15(6)19;3*1-6(3,4)5-2/h2-8,13,21-22H,9-12H2,1H3;3-7,14,19H,15H2,1-2H3;3-8H,14-15H2,1-2H3;3-8H,14-15H2,1-2H3;2-7,13,18H,14H2,1H3;1-8H,12H2;2-5,7H,1H3,(H,11,16,18);3*2H,1H3/q+1;;2*+1;;;;;;/p-3. The van der Waals surface area contributed by atoms with Crippen LogP contribution in [0.15, 0.2) is 356 Å². The van der Waals surface area contributed by atoms with E-state index >= 15 is 0 Å². The van der Waals surface area contributed by atoms with Crippen LogP contribution in [-0.2, 0) is 74.1 Å². The molecule has 1 unspecified atom stereocenters. The van der Waals surface area contributed by atoms with Gasteiger partial charge in [-0.25, -0.2) is 48.5 Å². The number of likely N-dealkylation sites (N-methyl/N-ethyl adjacent to an activating group) is 1. The monoisotopic (exact) mass is 2110 g/mol. The molecule has 14 rings (SSSR count). The highest BCUT2D eigenvalue weighted by Crippen LogP contribution is 2.35. The van der Waals surface area contributed by atoms with E-state index in [0.29, 0.717) is 143 Å². The molecule has 58 heteroatoms. The van der Waals surface area contributed by atoms with Crippen molar-refractivity contribution >= 4 is 156 Å². The van der Waals surface area contributed by atoms with Crippen LogP contribution >= 0.6 is 0 Å². The van der Waals surface area contributed by atoms with Gasteiger partial charge in [-0.1, -0.05) is 17.2 Å². The second-order valence-corrected chi connectivity index (χ2v) is 35.2. The number of ether oxygens (including phenoxy) is 1. The van der Waals surface area contributed by atoms with Crippen LogP contribution in [0.3, 0.4) is 0 Å². The van der Waals surface area contributed by atoms with Crippen LogP contribution in [0, 0.1) is 35.1 Å². The molecule has 1 atom stereocenters. The quantitative estimate of drug-likeness (QED) is 0.00536. The molecule has 11 aromatic rings. The van der Waals surface area contributed by atoms with Crippen LogP contribution in [0.1, 0.15) is 25.0 Å². The maximum atomic E-state index is 11.7. The number of carbonyl (C=O) groups is 3. The van der Waals surface area contributed by atoms with E-state index in [9.17, 15) is 60.5 Å². The second-order valence-electron chi connectivity index (χ2n) is 30.5. The maximum Gasteiger partial charge on any atom is 0.353 e. The van der Waals surface area contributed by atoms with E-state index in [1.54, 1.807) is 124 Å². The fraction of sp³-hybridized carbons (Fsp3) is 0.187. The van der Waals surface area contributed by atoms with Gasteiger partial charge < -0.3 is 120 Å². The largest absolute Gasteiger partial charge is 0.710 e. The molecule has 0 bridgehead atoms. The molecule has 2 aliphatic carbocycles. The molecule has 149 heavy (non-hydrogen) atoms. The third-order valence-corrected chi connectivity index (χ3v) is 19.0. The first-order chi connectivity index (χ1) is 70.3. The van der Waals surface area contributed by atoms with Crippen LogP contribution < -0.4 is 105 Å². The summed E-state index contributed by atoms with van der Waals surface area (Å²) in [4.78, 5) is 36.9. The molecule has 21 N–H and O–H groups in total. The molecule has 1 fully saturated rings. The molecule has 1 saturated heterocycles. The number of azo groups is 5. The first-order valence-corrected chi connectivity index (χ1v) is 48.1. The van der Waals surface area contributed by atoms with Crippen molar-refractivity contribution in [3.05, 3.63) is 317 Å². The number of rotatable bonds is 21. The summed E-state index contributed by atoms with van der Waals surface area (Å²) in [5.41, 5.74) is 55.9. The molecule has 0 saturated carbocycles. The van der Waals surface area contributed by atoms with E-state index < -0.39 is 54.2 Å². The molecular weight excluding hydrogens is 2000 g/mol. The summed E-state index contributed by atoms with van der Waals surface area (Å²) in [6.07, 6.45) is 26.8. The molecule has 1 aliphatic heterocycles. The number of benzene rings is 4. The molecule has 0 radical (unpaired) electrons. The van der Waals surface area contributed by atoms with Crippen molar-refractivity contribution in [1.82, 2.24) is 19.7 Å². The minimum atomic E-state index is -3.72. The molecule has 4 aromatic carbocycles. The number of methoxy groups -OCH3 is 1. The average Bonchev–Trinajstić information content (AvgIpc) is 0.822. The lowest BCUT2D eigenvalue weighted by Gasteiger charge is -2.22. The van der Waals surface area contributed by atoms with Gasteiger partial charge in [0.25, 0.3) is 48.2 Å². The normalized spacial score (nSPS) is 14.1. The molecule has 4 amide bonds. The topological polar surface area (TPSA) is 837 Å². The predicted octanol–water partition coefficient (Wildman–Crippen LogP) is 4.65. The third kappa shape index (κ3) is 45.0. The van der Waals surface area contributed by atoms with Gasteiger partial charge in [-0.15, -0.1) is 51.1 Å². The maximum absolute atomic E-state index is 11.7. The summed E-state index contributed by atoms with van der Waals surface area (Å²) in [7, 11) is -2.62. The van der Waals surface area contributed by atoms with Crippen LogP contribution in [0.5, 0.6) is 5.75 Å². The van der Waals surface area contributed by atoms with Crippen LogP contribution in [0.2, 0.25) is 0 Å². The van der Waals surface area contributed by atoms with Crippen LogP contribution in [-0.4, -0.2) is 166 Å². The smallest absolute Gasteiger partial charge is 0.353 e. The fourth-order valence-electron chi connectivity index (χ4n) is 10.7. The van der Waals surface area contributed by atoms with Gasteiger partial charge in [-0.3, -0.25) is 19.8 Å². The number of pyridine rings is 7. The molecular formula is C91H109N33O22S3. The zero-order valence-electron chi connectivity index (χ0n) is 81.9. The first kappa shape index (κ1) is 121. The molecule has 7 aromatic heterocycles. The lowest BCUT2D eigenvalue weighted by atomic mass is 10.0. The van der Waals surface area contributed by atoms with E-state index in [1.807, 2.05) is 163 Å². The summed E-state index contributed by atoms with van der Waals surface area (Å²) in [5.74, 6) is -1.21. The molecule has 0 spiro atoms. The van der Waals surface area contributed by atoms with Gasteiger partial charge in [-0.2, -0.15) is 24.4 Å². The van der Waals surface area contributed by atoms with Crippen molar-refractivity contribution < 1.29 is 117 Å². The van der Waals surface area contributed by atoms with E-state index in [-0.39, 0.29) is 19.0 Å². The lowest BCUT2D eigenvalue weighted by molar-refractivity contribution is -0.671. The highest BCUT2D eigenvalue weighted by atomic mass is 32.2. The average molecular weight is 2110 g/mol. The number of allylic oxidation sites excluding steroid dienone is 6. The van der Waals surface area contributed by atoms with Crippen LogP contribution in [0.25, 0.3) is 0 Å². The number of imide groups is 2. The highest BCUT2D eigenvalue weighted by Gasteiger charge is 2.40. The number of anilines is 6. The van der Waals surface area contributed by atoms with E-state index in [0.717, 1.165) is 65.1 Å². The number of aliphatic hydroxyl groups is 2. The van der Waals surface area contributed by atoms with Crippen molar-refractivity contribution in [2.45, 2.75) is 33.7 Å². The summed E-state index contributed by atoms with van der Waals surface area (Å²) in [5, 5.41) is 159. The number of aliphatic hydroxyl groups excluding tert-OH is 2. The Bertz CT molecular complexity index is 7310. The number of aromatic nitrogens is 7. The highest BCUT2D eigenvalue weighted by molar-refractivity contribution is 7.86. The number of urea groups is 1. The number of hydrogen-bond donors (Lipinski definition) is 14. The Morgan fingerprint density at radius 1 is 0.470 bits per heavy atom. The number of nitrogen functional groups attached to an aromatic ring is 5. The Morgan fingerprint density at radius 3 is 1.34 bits per heavy atom. The third-order valence-electron chi connectivity index (χ3n) is 18.2. The minimum absolute atomic E-state index is 0.0481.